The standard InChI is InChI=1S/C33H38N6O3/c1-20-28(30(32(40)41)42-33(2,3)4)29(39-14-8-7-9-15-39)24-18-27(37(5)31(24)36-20)22-12-13-34-25(17-22)21-10-11-26-23(16-21)19-35-38(26)6/h10-13,16-19,30H,7-9,14-15H2,1-6H3,(H,40,41)/t30-/m0/s1. The molecule has 5 heterocycles. The summed E-state index contributed by atoms with van der Waals surface area (Å²) in [5.41, 5.74) is 7.38. The molecule has 9 heteroatoms. The van der Waals surface area contributed by atoms with Gasteiger partial charge in [0.2, 0.25) is 0 Å². The van der Waals surface area contributed by atoms with E-state index in [0.717, 1.165) is 76.1 Å². The van der Waals surface area contributed by atoms with Crippen molar-refractivity contribution in [2.75, 3.05) is 18.0 Å². The van der Waals surface area contributed by atoms with Crippen LogP contribution in [0.4, 0.5) is 5.69 Å². The SMILES string of the molecule is Cc1nc2c(cc(-c3ccnc(-c4ccc5c(cnn5C)c4)c3)n2C)c(N2CCCCC2)c1[C@H](OC(C)(C)C)C(=O)O. The molecule has 1 fully saturated rings. The van der Waals surface area contributed by atoms with Crippen LogP contribution in [0.1, 0.15) is 57.4 Å². The molecule has 0 spiro atoms. The largest absolute Gasteiger partial charge is 0.479 e. The summed E-state index contributed by atoms with van der Waals surface area (Å²) < 4.78 is 10.1. The maximum Gasteiger partial charge on any atom is 0.337 e. The second kappa shape index (κ2) is 10.5. The molecule has 0 unspecified atom stereocenters. The number of hydrogen-bond acceptors (Lipinski definition) is 6. The quantitative estimate of drug-likeness (QED) is 0.253. The topological polar surface area (TPSA) is 98.3 Å². The molecule has 1 saturated heterocycles. The highest BCUT2D eigenvalue weighted by Crippen LogP contribution is 2.42. The molecular formula is C33H38N6O3. The average molecular weight is 567 g/mol. The van der Waals surface area contributed by atoms with Crippen molar-refractivity contribution in [1.29, 1.82) is 0 Å². The van der Waals surface area contributed by atoms with Gasteiger partial charge in [0.15, 0.2) is 6.10 Å². The zero-order valence-electron chi connectivity index (χ0n) is 25.2. The van der Waals surface area contributed by atoms with Crippen molar-refractivity contribution >= 4 is 33.6 Å². The van der Waals surface area contributed by atoms with E-state index in [1.165, 1.54) is 6.42 Å². The van der Waals surface area contributed by atoms with Gasteiger partial charge in [-0.3, -0.25) is 9.67 Å². The first-order chi connectivity index (χ1) is 20.0. The minimum absolute atomic E-state index is 0.641. The lowest BCUT2D eigenvalue weighted by molar-refractivity contribution is -0.160. The molecule has 1 aliphatic heterocycles. The third-order valence-corrected chi connectivity index (χ3v) is 8.10. The molecule has 4 aromatic heterocycles. The maximum absolute atomic E-state index is 12.7. The smallest absolute Gasteiger partial charge is 0.337 e. The summed E-state index contributed by atoms with van der Waals surface area (Å²) in [5, 5.41) is 16.7. The fourth-order valence-electron chi connectivity index (χ4n) is 6.14. The van der Waals surface area contributed by atoms with Crippen LogP contribution in [0.2, 0.25) is 0 Å². The summed E-state index contributed by atoms with van der Waals surface area (Å²) in [5.74, 6) is -1.01. The van der Waals surface area contributed by atoms with Gasteiger partial charge in [0.1, 0.15) is 5.65 Å². The molecule has 1 atom stereocenters. The molecule has 0 bridgehead atoms. The van der Waals surface area contributed by atoms with Gasteiger partial charge >= 0.3 is 5.97 Å². The normalized spacial score (nSPS) is 15.0. The van der Waals surface area contributed by atoms with E-state index < -0.39 is 17.7 Å². The van der Waals surface area contributed by atoms with Gasteiger partial charge < -0.3 is 19.3 Å². The van der Waals surface area contributed by atoms with Crippen molar-refractivity contribution in [3.05, 3.63) is 60.0 Å². The minimum atomic E-state index is -1.13. The number of fused-ring (bicyclic) bond motifs is 2. The molecule has 0 radical (unpaired) electrons. The summed E-state index contributed by atoms with van der Waals surface area (Å²) in [6.45, 7) is 9.30. The van der Waals surface area contributed by atoms with E-state index in [-0.39, 0.29) is 0 Å². The molecule has 0 saturated carbocycles. The number of aryl methyl sites for hydroxylation is 3. The van der Waals surface area contributed by atoms with Gasteiger partial charge in [0, 0.05) is 66.5 Å². The highest BCUT2D eigenvalue weighted by Gasteiger charge is 2.34. The lowest BCUT2D eigenvalue weighted by Gasteiger charge is -2.34. The van der Waals surface area contributed by atoms with Crippen LogP contribution in [0.5, 0.6) is 0 Å². The predicted octanol–water partition coefficient (Wildman–Crippen LogP) is 6.43. The van der Waals surface area contributed by atoms with E-state index in [1.54, 1.807) is 0 Å². The van der Waals surface area contributed by atoms with E-state index >= 15 is 0 Å². The van der Waals surface area contributed by atoms with Crippen molar-refractivity contribution in [1.82, 2.24) is 24.3 Å². The van der Waals surface area contributed by atoms with Crippen molar-refractivity contribution in [2.24, 2.45) is 14.1 Å². The maximum atomic E-state index is 12.7. The Hall–Kier alpha value is -4.24. The lowest BCUT2D eigenvalue weighted by atomic mass is 9.99. The summed E-state index contributed by atoms with van der Waals surface area (Å²) >= 11 is 0. The van der Waals surface area contributed by atoms with Crippen LogP contribution in [0.25, 0.3) is 44.5 Å². The van der Waals surface area contributed by atoms with E-state index in [4.69, 9.17) is 9.72 Å². The molecule has 6 rings (SSSR count). The summed E-state index contributed by atoms with van der Waals surface area (Å²) in [6, 6.07) is 12.5. The first-order valence-electron chi connectivity index (χ1n) is 14.6. The van der Waals surface area contributed by atoms with Crippen LogP contribution in [-0.2, 0) is 23.6 Å². The fraction of sp³-hybridized carbons (Fsp3) is 0.394. The molecule has 9 nitrogen and oxygen atoms in total. The molecule has 0 aliphatic carbocycles. The first kappa shape index (κ1) is 27.9. The van der Waals surface area contributed by atoms with Crippen LogP contribution >= 0.6 is 0 Å². The number of rotatable bonds is 6. The van der Waals surface area contributed by atoms with Gasteiger partial charge in [-0.1, -0.05) is 6.07 Å². The van der Waals surface area contributed by atoms with Gasteiger partial charge in [-0.25, -0.2) is 9.78 Å². The van der Waals surface area contributed by atoms with Crippen molar-refractivity contribution in [3.8, 4) is 22.5 Å². The first-order valence-corrected chi connectivity index (χ1v) is 14.6. The third-order valence-electron chi connectivity index (χ3n) is 8.10. The van der Waals surface area contributed by atoms with Gasteiger partial charge in [-0.15, -0.1) is 0 Å². The number of aliphatic carboxylic acids is 1. The molecule has 218 valence electrons. The number of carbonyl (C=O) groups is 1. The Labute approximate surface area is 245 Å². The van der Waals surface area contributed by atoms with Gasteiger partial charge in [-0.05, 0) is 77.3 Å². The number of carboxylic acids is 1. The summed E-state index contributed by atoms with van der Waals surface area (Å²) in [4.78, 5) is 24.7. The number of carboxylic acid groups (broad SMARTS) is 1. The highest BCUT2D eigenvalue weighted by molar-refractivity contribution is 5.98. The number of nitrogens with zero attached hydrogens (tertiary/aromatic N) is 6. The number of anilines is 1. The Balaban J connectivity index is 1.52. The van der Waals surface area contributed by atoms with Crippen LogP contribution in [0.3, 0.4) is 0 Å². The van der Waals surface area contributed by atoms with Crippen LogP contribution < -0.4 is 4.90 Å². The molecule has 42 heavy (non-hydrogen) atoms. The zero-order chi connectivity index (χ0) is 29.8. The Kier molecular flexibility index (Phi) is 7.01. The van der Waals surface area contributed by atoms with Crippen molar-refractivity contribution in [2.45, 2.75) is 58.7 Å². The van der Waals surface area contributed by atoms with Gasteiger partial charge in [0.25, 0.3) is 0 Å². The Morgan fingerprint density at radius 2 is 1.79 bits per heavy atom. The van der Waals surface area contributed by atoms with Crippen LogP contribution in [0.15, 0.2) is 48.8 Å². The number of pyridine rings is 2. The molecule has 5 aromatic rings. The monoisotopic (exact) mass is 566 g/mol. The molecule has 1 aromatic carbocycles. The predicted molar refractivity (Wildman–Crippen MR) is 166 cm³/mol. The number of piperidine rings is 1. The van der Waals surface area contributed by atoms with E-state index in [9.17, 15) is 9.90 Å². The molecule has 1 aliphatic rings. The lowest BCUT2D eigenvalue weighted by Crippen LogP contribution is -2.34. The van der Waals surface area contributed by atoms with E-state index in [1.807, 2.05) is 64.9 Å². The summed E-state index contributed by atoms with van der Waals surface area (Å²) in [6.07, 6.45) is 5.88. The van der Waals surface area contributed by atoms with Gasteiger partial charge in [0.05, 0.1) is 34.4 Å². The van der Waals surface area contributed by atoms with Crippen molar-refractivity contribution < 1.29 is 14.6 Å². The number of ether oxygens (including phenoxy) is 1. The van der Waals surface area contributed by atoms with Crippen LogP contribution in [-0.4, -0.2) is 54.1 Å². The average Bonchev–Trinajstić information content (AvgIpc) is 3.50. The number of benzene rings is 1. The van der Waals surface area contributed by atoms with Crippen LogP contribution in [0, 0.1) is 6.92 Å². The molecular weight excluding hydrogens is 528 g/mol. The minimum Gasteiger partial charge on any atom is -0.479 e. The second-order valence-corrected chi connectivity index (χ2v) is 12.3. The Bertz CT molecular complexity index is 1810. The number of hydrogen-bond donors (Lipinski definition) is 1. The Morgan fingerprint density at radius 1 is 1.02 bits per heavy atom. The fourth-order valence-corrected chi connectivity index (χ4v) is 6.14. The molecule has 0 amide bonds. The van der Waals surface area contributed by atoms with Crippen molar-refractivity contribution in [3.63, 3.8) is 0 Å². The highest BCUT2D eigenvalue weighted by atomic mass is 16.5. The second-order valence-electron chi connectivity index (χ2n) is 12.3. The number of aromatic nitrogens is 5. The summed E-state index contributed by atoms with van der Waals surface area (Å²) in [7, 11) is 3.96. The van der Waals surface area contributed by atoms with E-state index in [2.05, 4.69) is 49.9 Å². The zero-order valence-corrected chi connectivity index (χ0v) is 25.2. The Morgan fingerprint density at radius 3 is 2.50 bits per heavy atom. The molecule has 1 N–H and O–H groups in total. The van der Waals surface area contributed by atoms with E-state index in [0.29, 0.717) is 11.3 Å². The van der Waals surface area contributed by atoms with Gasteiger partial charge in [-0.2, -0.15) is 5.10 Å². The third kappa shape index (κ3) is 5.02.